The van der Waals surface area contributed by atoms with Gasteiger partial charge in [-0.2, -0.15) is 0 Å². The van der Waals surface area contributed by atoms with E-state index in [1.54, 1.807) is 0 Å². The topological polar surface area (TPSA) is 94.3 Å². The maximum absolute atomic E-state index is 12.0. The molecule has 120 valence electrons. The van der Waals surface area contributed by atoms with Crippen molar-refractivity contribution in [2.24, 2.45) is 5.73 Å². The lowest BCUT2D eigenvalue weighted by atomic mass is 9.95. The van der Waals surface area contributed by atoms with Gasteiger partial charge in [-0.3, -0.25) is 0 Å². The van der Waals surface area contributed by atoms with Crippen molar-refractivity contribution in [3.05, 3.63) is 34.4 Å². The summed E-state index contributed by atoms with van der Waals surface area (Å²) in [5, 5.41) is 0. The van der Waals surface area contributed by atoms with Crippen molar-refractivity contribution < 1.29 is 16.8 Å². The third kappa shape index (κ3) is 5.76. The lowest BCUT2D eigenvalue weighted by molar-refractivity contribution is 0.584. The molecule has 0 bridgehead atoms. The summed E-state index contributed by atoms with van der Waals surface area (Å²) >= 11 is 0. The van der Waals surface area contributed by atoms with Crippen LogP contribution >= 0.6 is 0 Å². The van der Waals surface area contributed by atoms with E-state index in [4.69, 9.17) is 5.73 Å². The fourth-order valence-electron chi connectivity index (χ4n) is 2.49. The van der Waals surface area contributed by atoms with Crippen LogP contribution in [0, 0.1) is 20.8 Å². The van der Waals surface area contributed by atoms with Gasteiger partial charge in [0.25, 0.3) is 0 Å². The third-order valence-electron chi connectivity index (χ3n) is 3.31. The molecule has 0 saturated heterocycles. The smallest absolute Gasteiger partial charge is 0.153 e. The van der Waals surface area contributed by atoms with E-state index >= 15 is 0 Å². The van der Waals surface area contributed by atoms with Gasteiger partial charge in [0.2, 0.25) is 0 Å². The van der Waals surface area contributed by atoms with Crippen LogP contribution in [0.4, 0.5) is 0 Å². The summed E-state index contributed by atoms with van der Waals surface area (Å²) in [5.41, 5.74) is 9.88. The van der Waals surface area contributed by atoms with Crippen molar-refractivity contribution in [1.29, 1.82) is 0 Å². The Labute approximate surface area is 127 Å². The summed E-state index contributed by atoms with van der Waals surface area (Å²) in [4.78, 5) is 0. The van der Waals surface area contributed by atoms with Crippen LogP contribution < -0.4 is 5.73 Å². The van der Waals surface area contributed by atoms with Gasteiger partial charge in [0, 0.05) is 12.3 Å². The van der Waals surface area contributed by atoms with Crippen molar-refractivity contribution >= 4 is 19.7 Å². The lowest BCUT2D eigenvalue weighted by Gasteiger charge is -2.18. The van der Waals surface area contributed by atoms with Gasteiger partial charge >= 0.3 is 0 Å². The number of hydrogen-bond donors (Lipinski definition) is 1. The minimum absolute atomic E-state index is 0.243. The van der Waals surface area contributed by atoms with E-state index in [9.17, 15) is 16.8 Å². The maximum atomic E-state index is 12.0. The Morgan fingerprint density at radius 2 is 1.48 bits per heavy atom. The van der Waals surface area contributed by atoms with Crippen molar-refractivity contribution in [1.82, 2.24) is 0 Å². The SMILES string of the molecule is Cc1cc(C)c(C(N)CS(=O)(=O)CCS(C)(=O)=O)c(C)c1. The van der Waals surface area contributed by atoms with Crippen LogP contribution in [0.15, 0.2) is 12.1 Å². The summed E-state index contributed by atoms with van der Waals surface area (Å²) in [7, 11) is -6.81. The van der Waals surface area contributed by atoms with E-state index in [-0.39, 0.29) is 17.3 Å². The Balaban J connectivity index is 2.93. The first-order valence-corrected chi connectivity index (χ1v) is 10.5. The molecule has 1 aromatic rings. The van der Waals surface area contributed by atoms with E-state index in [1.807, 2.05) is 32.9 Å². The minimum Gasteiger partial charge on any atom is -0.323 e. The van der Waals surface area contributed by atoms with Crippen LogP contribution in [0.2, 0.25) is 0 Å². The van der Waals surface area contributed by atoms with Crippen LogP contribution in [0.5, 0.6) is 0 Å². The molecule has 0 amide bonds. The van der Waals surface area contributed by atoms with Gasteiger partial charge in [-0.15, -0.1) is 0 Å². The van der Waals surface area contributed by atoms with E-state index in [1.165, 1.54) is 0 Å². The third-order valence-corrected chi connectivity index (χ3v) is 6.20. The van der Waals surface area contributed by atoms with Crippen LogP contribution in [0.1, 0.15) is 28.3 Å². The van der Waals surface area contributed by atoms with Crippen molar-refractivity contribution in [2.45, 2.75) is 26.8 Å². The second-order valence-electron chi connectivity index (χ2n) is 5.66. The van der Waals surface area contributed by atoms with Gasteiger partial charge in [-0.25, -0.2) is 16.8 Å². The second kappa shape index (κ2) is 6.46. The highest BCUT2D eigenvalue weighted by atomic mass is 32.2. The highest BCUT2D eigenvalue weighted by Crippen LogP contribution is 2.23. The minimum atomic E-state index is -3.51. The summed E-state index contributed by atoms with van der Waals surface area (Å²) in [6.07, 6.45) is 1.02. The highest BCUT2D eigenvalue weighted by Gasteiger charge is 2.22. The number of nitrogens with two attached hydrogens (primary N) is 1. The molecule has 2 N–H and O–H groups in total. The fraction of sp³-hybridized carbons (Fsp3) is 0.571. The van der Waals surface area contributed by atoms with E-state index in [2.05, 4.69) is 0 Å². The molecule has 21 heavy (non-hydrogen) atoms. The Morgan fingerprint density at radius 1 is 1.00 bits per heavy atom. The van der Waals surface area contributed by atoms with Gasteiger partial charge < -0.3 is 5.73 Å². The predicted octanol–water partition coefficient (Wildman–Crippen LogP) is 1.07. The Kier molecular flexibility index (Phi) is 5.57. The van der Waals surface area contributed by atoms with Crippen molar-refractivity contribution in [2.75, 3.05) is 23.5 Å². The monoisotopic (exact) mass is 333 g/mol. The maximum Gasteiger partial charge on any atom is 0.153 e. The summed E-state index contributed by atoms with van der Waals surface area (Å²) in [6, 6.07) is 3.28. The van der Waals surface area contributed by atoms with Crippen molar-refractivity contribution in [3.63, 3.8) is 0 Å². The van der Waals surface area contributed by atoms with Crippen LogP contribution in [-0.2, 0) is 19.7 Å². The quantitative estimate of drug-likeness (QED) is 0.840. The number of hydrogen-bond acceptors (Lipinski definition) is 5. The number of aryl methyl sites for hydroxylation is 3. The van der Waals surface area contributed by atoms with Gasteiger partial charge in [0.1, 0.15) is 9.84 Å². The number of sulfone groups is 2. The molecule has 1 rings (SSSR count). The summed E-state index contributed by atoms with van der Waals surface area (Å²) in [5.74, 6) is -0.995. The molecule has 0 aliphatic heterocycles. The Bertz CT molecular complexity index is 698. The zero-order chi connectivity index (χ0) is 16.4. The summed E-state index contributed by atoms with van der Waals surface area (Å²) in [6.45, 7) is 5.77. The zero-order valence-electron chi connectivity index (χ0n) is 12.9. The van der Waals surface area contributed by atoms with E-state index < -0.39 is 25.7 Å². The molecule has 7 heteroatoms. The largest absolute Gasteiger partial charge is 0.323 e. The fourth-order valence-corrected chi connectivity index (χ4v) is 5.60. The molecule has 0 heterocycles. The molecule has 0 aliphatic rings. The van der Waals surface area contributed by atoms with E-state index in [0.29, 0.717) is 0 Å². The van der Waals surface area contributed by atoms with Crippen LogP contribution in [0.25, 0.3) is 0 Å². The van der Waals surface area contributed by atoms with Crippen LogP contribution in [-0.4, -0.2) is 40.3 Å². The average Bonchev–Trinajstić information content (AvgIpc) is 2.23. The van der Waals surface area contributed by atoms with Gasteiger partial charge in [0.15, 0.2) is 9.84 Å². The molecular weight excluding hydrogens is 310 g/mol. The number of rotatable bonds is 6. The van der Waals surface area contributed by atoms with Crippen LogP contribution in [0.3, 0.4) is 0 Å². The molecule has 0 aromatic heterocycles. The van der Waals surface area contributed by atoms with Gasteiger partial charge in [-0.1, -0.05) is 17.7 Å². The molecule has 1 atom stereocenters. The zero-order valence-corrected chi connectivity index (χ0v) is 14.5. The number of benzene rings is 1. The second-order valence-corrected chi connectivity index (χ2v) is 10.2. The highest BCUT2D eigenvalue weighted by molar-refractivity contribution is 7.94. The molecule has 0 aliphatic carbocycles. The molecule has 1 aromatic carbocycles. The molecule has 0 saturated carbocycles. The predicted molar refractivity (Wildman–Crippen MR) is 85.9 cm³/mol. The first kappa shape index (κ1) is 18.1. The molecule has 0 radical (unpaired) electrons. The molecule has 1 unspecified atom stereocenters. The molecule has 0 fully saturated rings. The van der Waals surface area contributed by atoms with Gasteiger partial charge in [-0.05, 0) is 37.5 Å². The summed E-state index contributed by atoms with van der Waals surface area (Å²) < 4.78 is 46.2. The molecule has 5 nitrogen and oxygen atoms in total. The normalized spacial score (nSPS) is 14.1. The first-order valence-electron chi connectivity index (χ1n) is 6.63. The Morgan fingerprint density at radius 3 is 1.90 bits per heavy atom. The average molecular weight is 333 g/mol. The van der Waals surface area contributed by atoms with Crippen molar-refractivity contribution in [3.8, 4) is 0 Å². The first-order chi connectivity index (χ1) is 9.41. The molecule has 0 spiro atoms. The van der Waals surface area contributed by atoms with Gasteiger partial charge in [0.05, 0.1) is 17.3 Å². The standard InChI is InChI=1S/C14H23NO4S2/c1-10-7-11(2)14(12(3)8-10)13(15)9-21(18,19)6-5-20(4,16)17/h7-8,13H,5-6,9,15H2,1-4H3. The molecular formula is C14H23NO4S2. The van der Waals surface area contributed by atoms with E-state index in [0.717, 1.165) is 28.5 Å². The Hall–Kier alpha value is -0.920. The lowest BCUT2D eigenvalue weighted by Crippen LogP contribution is -2.27.